The molecular weight excluding hydrogens is 263 g/mol. The fourth-order valence-corrected chi connectivity index (χ4v) is 1.75. The van der Waals surface area contributed by atoms with Crippen molar-refractivity contribution in [3.05, 3.63) is 34.1 Å². The van der Waals surface area contributed by atoms with Crippen molar-refractivity contribution in [2.45, 2.75) is 13.5 Å². The molecule has 0 aliphatic heterocycles. The van der Waals surface area contributed by atoms with E-state index in [4.69, 9.17) is 27.6 Å². The Morgan fingerprint density at radius 1 is 1.29 bits per heavy atom. The van der Waals surface area contributed by atoms with E-state index < -0.39 is 0 Å². The smallest absolute Gasteiger partial charge is 0.245 e. The van der Waals surface area contributed by atoms with Crippen LogP contribution in [0.25, 0.3) is 0 Å². The van der Waals surface area contributed by atoms with Gasteiger partial charge in [0.1, 0.15) is 11.5 Å². The Morgan fingerprint density at radius 2 is 2.06 bits per heavy atom. The molecule has 0 amide bonds. The van der Waals surface area contributed by atoms with E-state index in [1.54, 1.807) is 4.90 Å². The van der Waals surface area contributed by atoms with E-state index in [1.165, 1.54) is 0 Å². The second kappa shape index (κ2) is 4.89. The molecule has 0 aliphatic rings. The summed E-state index contributed by atoms with van der Waals surface area (Å²) in [5.74, 6) is 2.15. The van der Waals surface area contributed by atoms with Crippen LogP contribution in [0.1, 0.15) is 11.5 Å². The van der Waals surface area contributed by atoms with E-state index in [0.717, 1.165) is 11.5 Å². The molecule has 7 heteroatoms. The van der Waals surface area contributed by atoms with Gasteiger partial charge in [-0.25, -0.2) is 0 Å². The average molecular weight is 273 g/mol. The molecular formula is C10H10Cl2N4O. The SMILES string of the molecule is Cc1ccc(CN(C)c2nc(Cl)nnc2Cl)o1. The summed E-state index contributed by atoms with van der Waals surface area (Å²) in [6, 6.07) is 3.80. The van der Waals surface area contributed by atoms with Crippen LogP contribution in [0.3, 0.4) is 0 Å². The fraction of sp³-hybridized carbons (Fsp3) is 0.300. The second-order valence-electron chi connectivity index (χ2n) is 3.56. The molecule has 2 aromatic heterocycles. The first kappa shape index (κ1) is 12.1. The van der Waals surface area contributed by atoms with E-state index in [1.807, 2.05) is 26.1 Å². The third-order valence-corrected chi connectivity index (χ3v) is 2.56. The van der Waals surface area contributed by atoms with Crippen LogP contribution in [-0.4, -0.2) is 22.2 Å². The lowest BCUT2D eigenvalue weighted by molar-refractivity contribution is 0.481. The van der Waals surface area contributed by atoms with Gasteiger partial charge in [-0.1, -0.05) is 11.6 Å². The molecule has 0 atom stereocenters. The van der Waals surface area contributed by atoms with Gasteiger partial charge in [0.15, 0.2) is 11.0 Å². The molecule has 5 nitrogen and oxygen atoms in total. The first-order valence-electron chi connectivity index (χ1n) is 4.88. The van der Waals surface area contributed by atoms with Gasteiger partial charge in [0, 0.05) is 7.05 Å². The number of furan rings is 1. The van der Waals surface area contributed by atoms with Crippen LogP contribution in [0.5, 0.6) is 0 Å². The Labute approximate surface area is 108 Å². The molecule has 2 aromatic rings. The molecule has 0 aliphatic carbocycles. The van der Waals surface area contributed by atoms with Gasteiger partial charge in [-0.2, -0.15) is 4.98 Å². The summed E-state index contributed by atoms with van der Waals surface area (Å²) in [7, 11) is 1.82. The Balaban J connectivity index is 2.19. The van der Waals surface area contributed by atoms with Crippen LogP contribution in [-0.2, 0) is 6.54 Å². The summed E-state index contributed by atoms with van der Waals surface area (Å²) in [4.78, 5) is 5.81. The Morgan fingerprint density at radius 3 is 2.71 bits per heavy atom. The maximum Gasteiger partial charge on any atom is 0.245 e. The largest absolute Gasteiger partial charge is 0.464 e. The molecule has 17 heavy (non-hydrogen) atoms. The molecule has 0 radical (unpaired) electrons. The Kier molecular flexibility index (Phi) is 3.49. The van der Waals surface area contributed by atoms with Gasteiger partial charge >= 0.3 is 0 Å². The Hall–Kier alpha value is -1.33. The molecule has 0 bridgehead atoms. The van der Waals surface area contributed by atoms with Gasteiger partial charge < -0.3 is 9.32 Å². The van der Waals surface area contributed by atoms with Crippen molar-refractivity contribution in [2.75, 3.05) is 11.9 Å². The van der Waals surface area contributed by atoms with Crippen molar-refractivity contribution in [3.63, 3.8) is 0 Å². The third kappa shape index (κ3) is 2.87. The summed E-state index contributed by atoms with van der Waals surface area (Å²) in [5, 5.41) is 7.52. The van der Waals surface area contributed by atoms with Gasteiger partial charge in [0.2, 0.25) is 5.28 Å². The fourth-order valence-electron chi connectivity index (χ4n) is 1.41. The monoisotopic (exact) mass is 272 g/mol. The van der Waals surface area contributed by atoms with E-state index in [2.05, 4.69) is 15.2 Å². The lowest BCUT2D eigenvalue weighted by Crippen LogP contribution is -2.18. The van der Waals surface area contributed by atoms with E-state index in [0.29, 0.717) is 12.4 Å². The molecule has 0 saturated heterocycles. The normalized spacial score (nSPS) is 10.6. The Bertz CT molecular complexity index is 529. The standard InChI is InChI=1S/C10H10Cl2N4O/c1-6-3-4-7(17-6)5-16(2)9-8(11)14-15-10(12)13-9/h3-4H,5H2,1-2H3. The zero-order chi connectivity index (χ0) is 12.4. The van der Waals surface area contributed by atoms with E-state index >= 15 is 0 Å². The van der Waals surface area contributed by atoms with E-state index in [9.17, 15) is 0 Å². The highest BCUT2D eigenvalue weighted by Crippen LogP contribution is 2.22. The number of anilines is 1. The van der Waals surface area contributed by atoms with Crippen molar-refractivity contribution in [1.82, 2.24) is 15.2 Å². The molecule has 90 valence electrons. The molecule has 0 unspecified atom stereocenters. The molecule has 2 rings (SSSR count). The van der Waals surface area contributed by atoms with Crippen molar-refractivity contribution < 1.29 is 4.42 Å². The van der Waals surface area contributed by atoms with Crippen LogP contribution in [0, 0.1) is 6.92 Å². The lowest BCUT2D eigenvalue weighted by atomic mass is 10.4. The van der Waals surface area contributed by atoms with Crippen molar-refractivity contribution in [3.8, 4) is 0 Å². The van der Waals surface area contributed by atoms with Crippen molar-refractivity contribution >= 4 is 29.0 Å². The van der Waals surface area contributed by atoms with Gasteiger partial charge in [0.05, 0.1) is 6.54 Å². The van der Waals surface area contributed by atoms with Crippen LogP contribution >= 0.6 is 23.2 Å². The lowest BCUT2D eigenvalue weighted by Gasteiger charge is -2.16. The predicted molar refractivity (Wildman–Crippen MR) is 65.4 cm³/mol. The quantitative estimate of drug-likeness (QED) is 0.860. The van der Waals surface area contributed by atoms with Gasteiger partial charge in [-0.05, 0) is 30.7 Å². The number of hydrogen-bond donors (Lipinski definition) is 0. The van der Waals surface area contributed by atoms with Gasteiger partial charge in [-0.15, -0.1) is 10.2 Å². The highest BCUT2D eigenvalue weighted by Gasteiger charge is 2.12. The van der Waals surface area contributed by atoms with Crippen LogP contribution in [0.2, 0.25) is 10.4 Å². The maximum atomic E-state index is 5.90. The topological polar surface area (TPSA) is 55.1 Å². The van der Waals surface area contributed by atoms with Crippen LogP contribution in [0.15, 0.2) is 16.5 Å². The average Bonchev–Trinajstić information content (AvgIpc) is 2.67. The molecule has 0 spiro atoms. The van der Waals surface area contributed by atoms with Gasteiger partial charge in [0.25, 0.3) is 0 Å². The molecule has 0 aromatic carbocycles. The third-order valence-electron chi connectivity index (χ3n) is 2.15. The number of nitrogens with zero attached hydrogens (tertiary/aromatic N) is 4. The summed E-state index contributed by atoms with van der Waals surface area (Å²) in [6.45, 7) is 2.42. The first-order valence-corrected chi connectivity index (χ1v) is 5.64. The number of aromatic nitrogens is 3. The minimum Gasteiger partial charge on any atom is -0.464 e. The summed E-state index contributed by atoms with van der Waals surface area (Å²) in [6.07, 6.45) is 0. The highest BCUT2D eigenvalue weighted by molar-refractivity contribution is 6.32. The number of hydrogen-bond acceptors (Lipinski definition) is 5. The first-order chi connectivity index (χ1) is 8.06. The summed E-state index contributed by atoms with van der Waals surface area (Å²) >= 11 is 11.6. The van der Waals surface area contributed by atoms with Crippen LogP contribution in [0.4, 0.5) is 5.82 Å². The number of halogens is 2. The van der Waals surface area contributed by atoms with Gasteiger partial charge in [-0.3, -0.25) is 0 Å². The number of aryl methyl sites for hydroxylation is 1. The van der Waals surface area contributed by atoms with Crippen LogP contribution < -0.4 is 4.90 Å². The molecule has 2 heterocycles. The predicted octanol–water partition coefficient (Wildman–Crippen LogP) is 2.72. The van der Waals surface area contributed by atoms with Crippen molar-refractivity contribution in [1.29, 1.82) is 0 Å². The number of rotatable bonds is 3. The summed E-state index contributed by atoms with van der Waals surface area (Å²) < 4.78 is 5.46. The van der Waals surface area contributed by atoms with E-state index in [-0.39, 0.29) is 10.4 Å². The molecule has 0 N–H and O–H groups in total. The maximum absolute atomic E-state index is 5.90. The second-order valence-corrected chi connectivity index (χ2v) is 4.26. The highest BCUT2D eigenvalue weighted by atomic mass is 35.5. The van der Waals surface area contributed by atoms with Crippen molar-refractivity contribution in [2.24, 2.45) is 0 Å². The summed E-state index contributed by atoms with van der Waals surface area (Å²) in [5.41, 5.74) is 0. The molecule has 0 fully saturated rings. The minimum atomic E-state index is 0.0619. The minimum absolute atomic E-state index is 0.0619. The zero-order valence-electron chi connectivity index (χ0n) is 9.31. The zero-order valence-corrected chi connectivity index (χ0v) is 10.8. The molecule has 0 saturated carbocycles.